The van der Waals surface area contributed by atoms with Crippen LogP contribution in [0.1, 0.15) is 10.4 Å². The maximum atomic E-state index is 12.8. The SMILES string of the molecule is COc1ccc(N2CCN(CCNC(=O)c3ccccc3Oc3ccccc3)CC2)cc1. The van der Waals surface area contributed by atoms with E-state index in [9.17, 15) is 4.79 Å². The molecule has 0 aromatic heterocycles. The Balaban J connectivity index is 1.24. The molecule has 1 heterocycles. The van der Waals surface area contributed by atoms with Crippen molar-refractivity contribution in [3.05, 3.63) is 84.4 Å². The maximum absolute atomic E-state index is 12.8. The largest absolute Gasteiger partial charge is 0.497 e. The molecule has 0 atom stereocenters. The van der Waals surface area contributed by atoms with Gasteiger partial charge in [-0.3, -0.25) is 9.69 Å². The van der Waals surface area contributed by atoms with Crippen LogP contribution >= 0.6 is 0 Å². The molecular formula is C26H29N3O3. The number of rotatable bonds is 8. The van der Waals surface area contributed by atoms with Crippen LogP contribution < -0.4 is 19.7 Å². The molecular weight excluding hydrogens is 402 g/mol. The molecule has 4 rings (SSSR count). The number of methoxy groups -OCH3 is 1. The predicted octanol–water partition coefficient (Wildman–Crippen LogP) is 4.04. The van der Waals surface area contributed by atoms with E-state index < -0.39 is 0 Å². The number of piperazine rings is 1. The van der Waals surface area contributed by atoms with Crippen LogP contribution in [0.25, 0.3) is 0 Å². The Kier molecular flexibility index (Phi) is 7.25. The number of benzene rings is 3. The van der Waals surface area contributed by atoms with Crippen LogP contribution in [0, 0.1) is 0 Å². The summed E-state index contributed by atoms with van der Waals surface area (Å²) in [6.07, 6.45) is 0. The van der Waals surface area contributed by atoms with Gasteiger partial charge in [-0.25, -0.2) is 0 Å². The molecule has 0 saturated carbocycles. The lowest BCUT2D eigenvalue weighted by atomic mass is 10.2. The smallest absolute Gasteiger partial charge is 0.255 e. The fourth-order valence-electron chi connectivity index (χ4n) is 3.80. The van der Waals surface area contributed by atoms with Crippen molar-refractivity contribution < 1.29 is 14.3 Å². The molecule has 0 bridgehead atoms. The molecule has 32 heavy (non-hydrogen) atoms. The third kappa shape index (κ3) is 5.59. The van der Waals surface area contributed by atoms with E-state index >= 15 is 0 Å². The fraction of sp³-hybridized carbons (Fsp3) is 0.269. The number of para-hydroxylation sites is 2. The number of hydrogen-bond donors (Lipinski definition) is 1. The Hall–Kier alpha value is -3.51. The van der Waals surface area contributed by atoms with Crippen molar-refractivity contribution in [2.45, 2.75) is 0 Å². The van der Waals surface area contributed by atoms with Gasteiger partial charge in [-0.2, -0.15) is 0 Å². The number of carbonyl (C=O) groups is 1. The predicted molar refractivity (Wildman–Crippen MR) is 127 cm³/mol. The van der Waals surface area contributed by atoms with Crippen molar-refractivity contribution in [3.63, 3.8) is 0 Å². The van der Waals surface area contributed by atoms with Crippen molar-refractivity contribution >= 4 is 11.6 Å². The summed E-state index contributed by atoms with van der Waals surface area (Å²) in [6.45, 7) is 5.29. The summed E-state index contributed by atoms with van der Waals surface area (Å²) in [7, 11) is 1.68. The highest BCUT2D eigenvalue weighted by atomic mass is 16.5. The van der Waals surface area contributed by atoms with Crippen molar-refractivity contribution in [3.8, 4) is 17.2 Å². The first-order valence-electron chi connectivity index (χ1n) is 10.9. The van der Waals surface area contributed by atoms with Gasteiger partial charge in [-0.05, 0) is 48.5 Å². The Morgan fingerprint density at radius 3 is 2.25 bits per heavy atom. The van der Waals surface area contributed by atoms with Gasteiger partial charge in [0, 0.05) is 45.0 Å². The molecule has 166 valence electrons. The Bertz CT molecular complexity index is 1000. The molecule has 0 radical (unpaired) electrons. The third-order valence-electron chi connectivity index (χ3n) is 5.63. The Morgan fingerprint density at radius 2 is 1.53 bits per heavy atom. The second kappa shape index (κ2) is 10.7. The highest BCUT2D eigenvalue weighted by molar-refractivity contribution is 5.97. The molecule has 6 heteroatoms. The molecule has 3 aromatic rings. The summed E-state index contributed by atoms with van der Waals surface area (Å²) in [5.41, 5.74) is 1.76. The summed E-state index contributed by atoms with van der Waals surface area (Å²) in [5.74, 6) is 2.03. The lowest BCUT2D eigenvalue weighted by Gasteiger charge is -2.36. The van der Waals surface area contributed by atoms with E-state index in [4.69, 9.17) is 9.47 Å². The van der Waals surface area contributed by atoms with Gasteiger partial charge in [0.1, 0.15) is 17.2 Å². The van der Waals surface area contributed by atoms with E-state index in [0.717, 1.165) is 38.5 Å². The number of carbonyl (C=O) groups excluding carboxylic acids is 1. The lowest BCUT2D eigenvalue weighted by Crippen LogP contribution is -2.48. The van der Waals surface area contributed by atoms with E-state index in [2.05, 4.69) is 27.2 Å². The van der Waals surface area contributed by atoms with E-state index in [1.165, 1.54) is 5.69 Å². The first-order chi connectivity index (χ1) is 15.7. The molecule has 1 aliphatic heterocycles. The zero-order valence-electron chi connectivity index (χ0n) is 18.4. The maximum Gasteiger partial charge on any atom is 0.255 e. The number of amides is 1. The van der Waals surface area contributed by atoms with Crippen molar-refractivity contribution in [1.82, 2.24) is 10.2 Å². The van der Waals surface area contributed by atoms with Crippen molar-refractivity contribution in [2.24, 2.45) is 0 Å². The number of anilines is 1. The summed E-state index contributed by atoms with van der Waals surface area (Å²) >= 11 is 0. The van der Waals surface area contributed by atoms with Gasteiger partial charge in [-0.1, -0.05) is 30.3 Å². The van der Waals surface area contributed by atoms with E-state index in [-0.39, 0.29) is 5.91 Å². The summed E-state index contributed by atoms with van der Waals surface area (Å²) in [6, 6.07) is 25.0. The summed E-state index contributed by atoms with van der Waals surface area (Å²) < 4.78 is 11.1. The minimum Gasteiger partial charge on any atom is -0.497 e. The molecule has 0 spiro atoms. The quantitative estimate of drug-likeness (QED) is 0.583. The van der Waals surface area contributed by atoms with Gasteiger partial charge in [0.2, 0.25) is 0 Å². The first kappa shape index (κ1) is 21.7. The highest BCUT2D eigenvalue weighted by Crippen LogP contribution is 2.25. The topological polar surface area (TPSA) is 54.0 Å². The Labute approximate surface area is 189 Å². The molecule has 6 nitrogen and oxygen atoms in total. The molecule has 1 saturated heterocycles. The second-order valence-electron chi connectivity index (χ2n) is 7.69. The normalized spacial score (nSPS) is 14.1. The van der Waals surface area contributed by atoms with Crippen LogP contribution in [0.4, 0.5) is 5.69 Å². The van der Waals surface area contributed by atoms with Gasteiger partial charge in [-0.15, -0.1) is 0 Å². The zero-order chi connectivity index (χ0) is 22.2. The minimum absolute atomic E-state index is 0.117. The van der Waals surface area contributed by atoms with Crippen LogP contribution in [-0.4, -0.2) is 57.2 Å². The fourth-order valence-corrected chi connectivity index (χ4v) is 3.80. The van der Waals surface area contributed by atoms with E-state index in [1.807, 2.05) is 60.7 Å². The lowest BCUT2D eigenvalue weighted by molar-refractivity contribution is 0.0945. The number of nitrogens with zero attached hydrogens (tertiary/aromatic N) is 2. The monoisotopic (exact) mass is 431 g/mol. The van der Waals surface area contributed by atoms with Crippen LogP contribution in [0.3, 0.4) is 0 Å². The van der Waals surface area contributed by atoms with Gasteiger partial charge in [0.25, 0.3) is 5.91 Å². The van der Waals surface area contributed by atoms with Crippen molar-refractivity contribution in [1.29, 1.82) is 0 Å². The summed E-state index contributed by atoms with van der Waals surface area (Å²) in [5, 5.41) is 3.04. The molecule has 3 aromatic carbocycles. The Morgan fingerprint density at radius 1 is 0.844 bits per heavy atom. The van der Waals surface area contributed by atoms with E-state index in [1.54, 1.807) is 13.2 Å². The molecule has 0 unspecified atom stereocenters. The van der Waals surface area contributed by atoms with Crippen molar-refractivity contribution in [2.75, 3.05) is 51.3 Å². The molecule has 0 aliphatic carbocycles. The summed E-state index contributed by atoms with van der Waals surface area (Å²) in [4.78, 5) is 17.5. The van der Waals surface area contributed by atoms with Gasteiger partial charge < -0.3 is 19.7 Å². The van der Waals surface area contributed by atoms with Gasteiger partial charge in [0.05, 0.1) is 12.7 Å². The number of nitrogens with one attached hydrogen (secondary N) is 1. The number of hydrogen-bond acceptors (Lipinski definition) is 5. The average Bonchev–Trinajstić information content (AvgIpc) is 2.85. The molecule has 1 amide bonds. The standard InChI is InChI=1S/C26H29N3O3/c1-31-22-13-11-21(12-14-22)29-19-17-28(18-20-29)16-15-27-26(30)24-9-5-6-10-25(24)32-23-7-3-2-4-8-23/h2-14H,15-20H2,1H3,(H,27,30). The minimum atomic E-state index is -0.117. The van der Waals surface area contributed by atoms with Crippen LogP contribution in [-0.2, 0) is 0 Å². The van der Waals surface area contributed by atoms with Crippen LogP contribution in [0.5, 0.6) is 17.2 Å². The first-order valence-corrected chi connectivity index (χ1v) is 10.9. The third-order valence-corrected chi connectivity index (χ3v) is 5.63. The van der Waals surface area contributed by atoms with Crippen LogP contribution in [0.2, 0.25) is 0 Å². The highest BCUT2D eigenvalue weighted by Gasteiger charge is 2.18. The average molecular weight is 432 g/mol. The van der Waals surface area contributed by atoms with Gasteiger partial charge >= 0.3 is 0 Å². The van der Waals surface area contributed by atoms with E-state index in [0.29, 0.717) is 23.6 Å². The second-order valence-corrected chi connectivity index (χ2v) is 7.69. The number of ether oxygens (including phenoxy) is 2. The van der Waals surface area contributed by atoms with Crippen LogP contribution in [0.15, 0.2) is 78.9 Å². The molecule has 1 fully saturated rings. The zero-order valence-corrected chi connectivity index (χ0v) is 18.4. The molecule has 1 N–H and O–H groups in total. The van der Waals surface area contributed by atoms with Gasteiger partial charge in [0.15, 0.2) is 0 Å². The molecule has 1 aliphatic rings.